The first-order valence-corrected chi connectivity index (χ1v) is 5.37. The molecule has 2 aliphatic rings. The molecule has 0 amide bonds. The fourth-order valence-corrected chi connectivity index (χ4v) is 2.37. The zero-order valence-electron chi connectivity index (χ0n) is 9.06. The minimum absolute atomic E-state index is 0.112. The summed E-state index contributed by atoms with van der Waals surface area (Å²) < 4.78 is 15.3. The van der Waals surface area contributed by atoms with Crippen molar-refractivity contribution in [3.05, 3.63) is 35.4 Å². The number of benzene rings is 2. The highest BCUT2D eigenvalue weighted by Gasteiger charge is 2.31. The van der Waals surface area contributed by atoms with Gasteiger partial charge in [-0.3, -0.25) is 0 Å². The van der Waals surface area contributed by atoms with Gasteiger partial charge in [-0.15, -0.1) is 0 Å². The van der Waals surface area contributed by atoms with Crippen LogP contribution in [0.3, 0.4) is 0 Å². The van der Waals surface area contributed by atoms with Crippen LogP contribution in [-0.4, -0.2) is 18.7 Å². The van der Waals surface area contributed by atoms with Crippen LogP contribution in [0.5, 0.6) is 11.5 Å². The smallest absolute Gasteiger partial charge is 0.346 e. The molecule has 4 rings (SSSR count). The van der Waals surface area contributed by atoms with Crippen LogP contribution in [0, 0.1) is 0 Å². The van der Waals surface area contributed by atoms with E-state index in [9.17, 15) is 9.59 Å². The highest BCUT2D eigenvalue weighted by atomic mass is 16.7. The number of carbonyl (C=O) groups excluding carboxylic acids is 2. The average Bonchev–Trinajstić information content (AvgIpc) is 2.83. The molecule has 2 aliphatic heterocycles. The second kappa shape index (κ2) is 3.01. The molecule has 18 heavy (non-hydrogen) atoms. The zero-order chi connectivity index (χ0) is 12.3. The van der Waals surface area contributed by atoms with E-state index >= 15 is 0 Å². The van der Waals surface area contributed by atoms with Crippen molar-refractivity contribution in [2.75, 3.05) is 6.79 Å². The van der Waals surface area contributed by atoms with Gasteiger partial charge < -0.3 is 14.2 Å². The molecule has 0 atom stereocenters. The minimum atomic E-state index is -0.651. The van der Waals surface area contributed by atoms with Crippen LogP contribution in [0.4, 0.5) is 0 Å². The molecule has 0 bridgehead atoms. The van der Waals surface area contributed by atoms with Gasteiger partial charge in [0.05, 0.1) is 11.1 Å². The van der Waals surface area contributed by atoms with Crippen molar-refractivity contribution in [2.45, 2.75) is 0 Å². The molecular formula is C13H6O5. The molecule has 0 fully saturated rings. The Labute approximate surface area is 101 Å². The number of rotatable bonds is 0. The highest BCUT2D eigenvalue weighted by Crippen LogP contribution is 2.43. The molecule has 2 aromatic rings. The third-order valence-corrected chi connectivity index (χ3v) is 3.12. The van der Waals surface area contributed by atoms with Crippen LogP contribution in [0.25, 0.3) is 10.8 Å². The van der Waals surface area contributed by atoms with Gasteiger partial charge in [0.1, 0.15) is 0 Å². The number of carbonyl (C=O) groups is 2. The van der Waals surface area contributed by atoms with Crippen molar-refractivity contribution < 1.29 is 23.8 Å². The first kappa shape index (κ1) is 9.47. The van der Waals surface area contributed by atoms with E-state index in [1.807, 2.05) is 0 Å². The number of esters is 2. The van der Waals surface area contributed by atoms with Crippen LogP contribution in [0.15, 0.2) is 24.3 Å². The highest BCUT2D eigenvalue weighted by molar-refractivity contribution is 6.22. The molecule has 5 heteroatoms. The van der Waals surface area contributed by atoms with Gasteiger partial charge in [-0.05, 0) is 12.1 Å². The van der Waals surface area contributed by atoms with Crippen LogP contribution < -0.4 is 9.47 Å². The summed E-state index contributed by atoms with van der Waals surface area (Å²) in [5, 5.41) is 1.27. The van der Waals surface area contributed by atoms with Gasteiger partial charge in [-0.1, -0.05) is 12.1 Å². The van der Waals surface area contributed by atoms with Crippen molar-refractivity contribution in [2.24, 2.45) is 0 Å². The predicted molar refractivity (Wildman–Crippen MR) is 59.8 cm³/mol. The van der Waals surface area contributed by atoms with Gasteiger partial charge in [-0.2, -0.15) is 0 Å². The Morgan fingerprint density at radius 1 is 1.00 bits per heavy atom. The van der Waals surface area contributed by atoms with Crippen molar-refractivity contribution >= 4 is 22.7 Å². The van der Waals surface area contributed by atoms with E-state index in [0.717, 1.165) is 0 Å². The largest absolute Gasteiger partial charge is 0.454 e. The summed E-state index contributed by atoms with van der Waals surface area (Å²) in [7, 11) is 0. The third-order valence-electron chi connectivity index (χ3n) is 3.12. The SMILES string of the molecule is O=C1OC(=O)c2cc3c(c4cccc1c24)OCO3. The quantitative estimate of drug-likeness (QED) is 0.521. The number of hydrogen-bond acceptors (Lipinski definition) is 5. The lowest BCUT2D eigenvalue weighted by Crippen LogP contribution is -2.19. The molecule has 2 heterocycles. The fourth-order valence-electron chi connectivity index (χ4n) is 2.37. The number of hydrogen-bond donors (Lipinski definition) is 0. The first-order chi connectivity index (χ1) is 8.75. The van der Waals surface area contributed by atoms with Crippen LogP contribution in [0.1, 0.15) is 20.7 Å². The summed E-state index contributed by atoms with van der Waals surface area (Å²) in [6, 6.07) is 6.70. The standard InChI is InChI=1S/C13H6O5/c14-12-7-3-1-2-6-10(7)8(13(15)18-12)4-9-11(6)17-5-16-9/h1-4H,5H2. The van der Waals surface area contributed by atoms with Gasteiger partial charge in [-0.25, -0.2) is 9.59 Å². The molecule has 0 aliphatic carbocycles. The molecule has 0 spiro atoms. The van der Waals surface area contributed by atoms with Gasteiger partial charge in [0.15, 0.2) is 11.5 Å². The Balaban J connectivity index is 2.24. The summed E-state index contributed by atoms with van der Waals surface area (Å²) in [4.78, 5) is 23.4. The molecule has 0 aromatic heterocycles. The first-order valence-electron chi connectivity index (χ1n) is 5.37. The average molecular weight is 242 g/mol. The number of fused-ring (bicyclic) bond motifs is 2. The Bertz CT molecular complexity index is 732. The third kappa shape index (κ3) is 1.01. The van der Waals surface area contributed by atoms with Crippen molar-refractivity contribution in [3.8, 4) is 11.5 Å². The normalized spacial score (nSPS) is 16.0. The summed E-state index contributed by atoms with van der Waals surface area (Å²) in [5.41, 5.74) is 0.713. The van der Waals surface area contributed by atoms with E-state index in [2.05, 4.69) is 4.74 Å². The Morgan fingerprint density at radius 3 is 2.72 bits per heavy atom. The molecule has 0 N–H and O–H groups in total. The molecule has 0 unspecified atom stereocenters. The van der Waals surface area contributed by atoms with Crippen LogP contribution in [-0.2, 0) is 4.74 Å². The van der Waals surface area contributed by atoms with E-state index < -0.39 is 11.9 Å². The molecule has 0 radical (unpaired) electrons. The maximum atomic E-state index is 11.7. The number of cyclic esters (lactones) is 2. The van der Waals surface area contributed by atoms with E-state index in [1.54, 1.807) is 24.3 Å². The Hall–Kier alpha value is -2.56. The zero-order valence-corrected chi connectivity index (χ0v) is 9.06. The maximum absolute atomic E-state index is 11.7. The summed E-state index contributed by atoms with van der Waals surface area (Å²) in [5.74, 6) is -0.210. The van der Waals surface area contributed by atoms with E-state index in [-0.39, 0.29) is 6.79 Å². The maximum Gasteiger partial charge on any atom is 0.346 e. The second-order valence-corrected chi connectivity index (χ2v) is 4.06. The van der Waals surface area contributed by atoms with Crippen molar-refractivity contribution in [1.82, 2.24) is 0 Å². The fraction of sp³-hybridized carbons (Fsp3) is 0.0769. The molecule has 5 nitrogen and oxygen atoms in total. The minimum Gasteiger partial charge on any atom is -0.454 e. The van der Waals surface area contributed by atoms with E-state index in [4.69, 9.17) is 9.47 Å². The van der Waals surface area contributed by atoms with Crippen molar-refractivity contribution in [1.29, 1.82) is 0 Å². The van der Waals surface area contributed by atoms with Crippen LogP contribution >= 0.6 is 0 Å². The molecular weight excluding hydrogens is 236 g/mol. The van der Waals surface area contributed by atoms with Gasteiger partial charge in [0, 0.05) is 10.8 Å². The van der Waals surface area contributed by atoms with Crippen LogP contribution in [0.2, 0.25) is 0 Å². The summed E-state index contributed by atoms with van der Waals surface area (Å²) >= 11 is 0. The van der Waals surface area contributed by atoms with E-state index in [1.165, 1.54) is 0 Å². The van der Waals surface area contributed by atoms with Gasteiger partial charge >= 0.3 is 11.9 Å². The molecule has 0 saturated heterocycles. The second-order valence-electron chi connectivity index (χ2n) is 4.06. The Kier molecular flexibility index (Phi) is 1.58. The lowest BCUT2D eigenvalue weighted by atomic mass is 9.96. The van der Waals surface area contributed by atoms with E-state index in [0.29, 0.717) is 33.4 Å². The molecule has 2 aromatic carbocycles. The van der Waals surface area contributed by atoms with Gasteiger partial charge in [0.2, 0.25) is 6.79 Å². The van der Waals surface area contributed by atoms with Gasteiger partial charge in [0.25, 0.3) is 0 Å². The van der Waals surface area contributed by atoms with Crippen molar-refractivity contribution in [3.63, 3.8) is 0 Å². The molecule has 88 valence electrons. The lowest BCUT2D eigenvalue weighted by Gasteiger charge is -2.16. The summed E-state index contributed by atoms with van der Waals surface area (Å²) in [6.07, 6.45) is 0. The topological polar surface area (TPSA) is 61.8 Å². The monoisotopic (exact) mass is 242 g/mol. The Morgan fingerprint density at radius 2 is 1.83 bits per heavy atom. The lowest BCUT2D eigenvalue weighted by molar-refractivity contribution is 0.0391. The summed E-state index contributed by atoms with van der Waals surface area (Å²) in [6.45, 7) is 0.112. The predicted octanol–water partition coefficient (Wildman–Crippen LogP) is 1.88. The number of ether oxygens (including phenoxy) is 3. The molecule has 0 saturated carbocycles.